The van der Waals surface area contributed by atoms with Gasteiger partial charge in [0.25, 0.3) is 5.91 Å². The molecule has 2 aromatic rings. The molecule has 1 fully saturated rings. The molecule has 218 valence electrons. The van der Waals surface area contributed by atoms with Gasteiger partial charge in [-0.05, 0) is 89.4 Å². The Morgan fingerprint density at radius 3 is 1.93 bits per heavy atom. The third kappa shape index (κ3) is 8.12. The number of hydrogen-bond donors (Lipinski definition) is 1. The van der Waals surface area contributed by atoms with Crippen LogP contribution in [0.3, 0.4) is 0 Å². The Labute approximate surface area is 232 Å². The highest BCUT2D eigenvalue weighted by Crippen LogP contribution is 2.35. The van der Waals surface area contributed by atoms with Crippen molar-refractivity contribution in [1.29, 1.82) is 0 Å². The zero-order valence-electron chi connectivity index (χ0n) is 23.9. The molecular weight excluding hydrogens is 527 g/mol. The van der Waals surface area contributed by atoms with Gasteiger partial charge in [0.1, 0.15) is 11.2 Å². The van der Waals surface area contributed by atoms with Crippen LogP contribution in [0.4, 0.5) is 28.4 Å². The highest BCUT2D eigenvalue weighted by Gasteiger charge is 2.32. The number of halogens is 3. The van der Waals surface area contributed by atoms with Crippen molar-refractivity contribution in [3.05, 3.63) is 53.1 Å². The smallest absolute Gasteiger partial charge is 0.416 e. The van der Waals surface area contributed by atoms with Crippen molar-refractivity contribution < 1.29 is 37.0 Å². The van der Waals surface area contributed by atoms with Crippen LogP contribution in [0, 0.1) is 6.92 Å². The van der Waals surface area contributed by atoms with E-state index >= 15 is 0 Å². The van der Waals surface area contributed by atoms with Gasteiger partial charge in [-0.2, -0.15) is 13.2 Å². The van der Waals surface area contributed by atoms with Gasteiger partial charge >= 0.3 is 18.4 Å². The van der Waals surface area contributed by atoms with Crippen LogP contribution < -0.4 is 5.32 Å². The lowest BCUT2D eigenvalue weighted by Crippen LogP contribution is -2.51. The van der Waals surface area contributed by atoms with Crippen molar-refractivity contribution in [2.45, 2.75) is 65.8 Å². The number of nitrogens with one attached hydrogen (secondary N) is 1. The van der Waals surface area contributed by atoms with Crippen LogP contribution in [0.5, 0.6) is 0 Å². The van der Waals surface area contributed by atoms with Crippen molar-refractivity contribution in [3.63, 3.8) is 0 Å². The highest BCUT2D eigenvalue weighted by molar-refractivity contribution is 6.04. The molecule has 0 spiro atoms. The summed E-state index contributed by atoms with van der Waals surface area (Å²) in [5.41, 5.74) is -0.736. The predicted octanol–water partition coefficient (Wildman–Crippen LogP) is 6.72. The number of aryl methyl sites for hydroxylation is 1. The summed E-state index contributed by atoms with van der Waals surface area (Å²) in [6, 6.07) is 7.92. The maximum atomic E-state index is 13.7. The third-order valence-corrected chi connectivity index (χ3v) is 5.98. The summed E-state index contributed by atoms with van der Waals surface area (Å²) in [6.45, 7) is 13.0. The number of benzene rings is 2. The minimum atomic E-state index is -4.53. The van der Waals surface area contributed by atoms with Crippen LogP contribution in [0.1, 0.15) is 63.0 Å². The zero-order chi connectivity index (χ0) is 30.0. The number of anilines is 1. The van der Waals surface area contributed by atoms with E-state index in [9.17, 15) is 27.6 Å². The van der Waals surface area contributed by atoms with Crippen molar-refractivity contribution in [2.24, 2.45) is 0 Å². The molecule has 1 heterocycles. The van der Waals surface area contributed by atoms with Gasteiger partial charge in [-0.1, -0.05) is 12.1 Å². The summed E-state index contributed by atoms with van der Waals surface area (Å²) in [6.07, 6.45) is -5.79. The summed E-state index contributed by atoms with van der Waals surface area (Å²) in [5.74, 6) is -0.443. The Bertz CT molecular complexity index is 1270. The molecular formula is C29H36F3N3O5. The van der Waals surface area contributed by atoms with E-state index in [1.165, 1.54) is 28.0 Å². The van der Waals surface area contributed by atoms with Crippen LogP contribution in [0.15, 0.2) is 36.4 Å². The van der Waals surface area contributed by atoms with Gasteiger partial charge < -0.3 is 19.3 Å². The summed E-state index contributed by atoms with van der Waals surface area (Å²) in [4.78, 5) is 41.7. The fraction of sp³-hybridized carbons (Fsp3) is 0.483. The normalized spacial score (nSPS) is 14.6. The number of alkyl halides is 3. The van der Waals surface area contributed by atoms with Crippen LogP contribution in [-0.2, 0) is 15.7 Å². The van der Waals surface area contributed by atoms with Gasteiger partial charge in [0.15, 0.2) is 0 Å². The number of piperazine rings is 1. The van der Waals surface area contributed by atoms with Crippen LogP contribution in [-0.4, -0.2) is 65.3 Å². The Balaban J connectivity index is 1.94. The summed E-state index contributed by atoms with van der Waals surface area (Å²) >= 11 is 0. The Morgan fingerprint density at radius 2 is 1.38 bits per heavy atom. The fourth-order valence-corrected chi connectivity index (χ4v) is 4.11. The van der Waals surface area contributed by atoms with Crippen molar-refractivity contribution in [1.82, 2.24) is 9.80 Å². The number of ether oxygens (including phenoxy) is 2. The van der Waals surface area contributed by atoms with E-state index in [-0.39, 0.29) is 37.4 Å². The maximum Gasteiger partial charge on any atom is 0.416 e. The van der Waals surface area contributed by atoms with E-state index in [4.69, 9.17) is 9.47 Å². The zero-order valence-corrected chi connectivity index (χ0v) is 23.9. The molecule has 11 heteroatoms. The quantitative estimate of drug-likeness (QED) is 0.448. The summed E-state index contributed by atoms with van der Waals surface area (Å²) in [5, 5.41) is 2.60. The Hall–Kier alpha value is -3.76. The molecule has 3 rings (SSSR count). The van der Waals surface area contributed by atoms with Gasteiger partial charge in [-0.3, -0.25) is 10.1 Å². The second kappa shape index (κ2) is 11.4. The molecule has 8 nitrogen and oxygen atoms in total. The lowest BCUT2D eigenvalue weighted by Gasteiger charge is -2.36. The maximum absolute atomic E-state index is 13.7. The highest BCUT2D eigenvalue weighted by atomic mass is 19.4. The second-order valence-electron chi connectivity index (χ2n) is 11.7. The van der Waals surface area contributed by atoms with E-state index < -0.39 is 41.0 Å². The molecule has 1 N–H and O–H groups in total. The van der Waals surface area contributed by atoms with Crippen molar-refractivity contribution in [2.75, 3.05) is 31.5 Å². The molecule has 0 radical (unpaired) electrons. The van der Waals surface area contributed by atoms with E-state index in [1.807, 2.05) is 0 Å². The lowest BCUT2D eigenvalue weighted by molar-refractivity contribution is -0.137. The molecule has 0 atom stereocenters. The van der Waals surface area contributed by atoms with E-state index in [0.29, 0.717) is 16.7 Å². The molecule has 3 amide bonds. The minimum Gasteiger partial charge on any atom is -0.444 e. The predicted molar refractivity (Wildman–Crippen MR) is 145 cm³/mol. The minimum absolute atomic E-state index is 0.0888. The second-order valence-corrected chi connectivity index (χ2v) is 11.7. The van der Waals surface area contributed by atoms with E-state index in [2.05, 4.69) is 5.32 Å². The lowest BCUT2D eigenvalue weighted by atomic mass is 9.95. The fourth-order valence-electron chi connectivity index (χ4n) is 4.11. The first-order chi connectivity index (χ1) is 18.3. The van der Waals surface area contributed by atoms with Crippen molar-refractivity contribution >= 4 is 23.8 Å². The molecule has 0 unspecified atom stereocenters. The molecule has 0 bridgehead atoms. The number of hydrogen-bond acceptors (Lipinski definition) is 5. The molecule has 2 aromatic carbocycles. The van der Waals surface area contributed by atoms with Gasteiger partial charge in [0, 0.05) is 26.2 Å². The first-order valence-electron chi connectivity index (χ1n) is 12.9. The van der Waals surface area contributed by atoms with Crippen LogP contribution in [0.2, 0.25) is 0 Å². The monoisotopic (exact) mass is 563 g/mol. The number of carbonyl (C=O) groups is 3. The molecule has 1 aliphatic rings. The molecule has 0 saturated carbocycles. The molecule has 1 aliphatic heterocycles. The third-order valence-electron chi connectivity index (χ3n) is 5.98. The number of carbonyl (C=O) groups excluding carboxylic acids is 3. The average molecular weight is 564 g/mol. The Morgan fingerprint density at radius 1 is 0.800 bits per heavy atom. The standard InChI is InChI=1S/C29H36F3N3O5/c1-18-8-10-20(29(30,31)32)17-21(18)19-9-11-23(33-25(37)39-27(2,3)4)22(16-19)24(36)34-12-14-35(15-13-34)26(38)40-28(5,6)7/h8-11,16-17H,12-15H2,1-7H3,(H,33,37). The molecule has 1 saturated heterocycles. The summed E-state index contributed by atoms with van der Waals surface area (Å²) in [7, 11) is 0. The van der Waals surface area contributed by atoms with Gasteiger partial charge in [-0.15, -0.1) is 0 Å². The van der Waals surface area contributed by atoms with Gasteiger partial charge in [0.2, 0.25) is 0 Å². The first kappa shape index (κ1) is 30.8. The number of nitrogens with zero attached hydrogens (tertiary/aromatic N) is 2. The SMILES string of the molecule is Cc1ccc(C(F)(F)F)cc1-c1ccc(NC(=O)OC(C)(C)C)c(C(=O)N2CCN(C(=O)OC(C)(C)C)CC2)c1. The number of amides is 3. The average Bonchev–Trinajstić information content (AvgIpc) is 2.81. The topological polar surface area (TPSA) is 88.2 Å². The van der Waals surface area contributed by atoms with Crippen LogP contribution in [0.25, 0.3) is 11.1 Å². The van der Waals surface area contributed by atoms with E-state index in [0.717, 1.165) is 12.1 Å². The van der Waals surface area contributed by atoms with Crippen LogP contribution >= 0.6 is 0 Å². The Kier molecular flexibility index (Phi) is 8.76. The van der Waals surface area contributed by atoms with E-state index in [1.54, 1.807) is 54.5 Å². The number of rotatable bonds is 3. The summed E-state index contributed by atoms with van der Waals surface area (Å²) < 4.78 is 51.0. The largest absolute Gasteiger partial charge is 0.444 e. The first-order valence-corrected chi connectivity index (χ1v) is 12.9. The molecule has 0 aromatic heterocycles. The van der Waals surface area contributed by atoms with Gasteiger partial charge in [0.05, 0.1) is 16.8 Å². The molecule has 40 heavy (non-hydrogen) atoms. The van der Waals surface area contributed by atoms with Crippen molar-refractivity contribution in [3.8, 4) is 11.1 Å². The molecule has 0 aliphatic carbocycles. The van der Waals surface area contributed by atoms with Gasteiger partial charge in [-0.25, -0.2) is 9.59 Å².